The van der Waals surface area contributed by atoms with Crippen molar-refractivity contribution >= 4 is 22.4 Å². The third-order valence-electron chi connectivity index (χ3n) is 2.71. The molecule has 1 aromatic heterocycles. The Kier molecular flexibility index (Phi) is 3.00. The van der Waals surface area contributed by atoms with E-state index in [9.17, 15) is 9.00 Å². The molecule has 0 unspecified atom stereocenters. The molecule has 88 valence electrons. The molecule has 0 spiro atoms. The van der Waals surface area contributed by atoms with Gasteiger partial charge in [-0.15, -0.1) is 0 Å². The van der Waals surface area contributed by atoms with Gasteiger partial charge in [-0.2, -0.15) is 0 Å². The molecule has 2 N–H and O–H groups in total. The molecule has 0 bridgehead atoms. The first-order chi connectivity index (χ1) is 7.58. The van der Waals surface area contributed by atoms with Crippen LogP contribution in [0.3, 0.4) is 0 Å². The van der Waals surface area contributed by atoms with E-state index in [0.29, 0.717) is 36.0 Å². The maximum atomic E-state index is 12.1. The number of amides is 1. The zero-order valence-electron chi connectivity index (χ0n) is 9.18. The molecular weight excluding hydrogens is 226 g/mol. The average Bonchev–Trinajstić information content (AvgIpc) is 2.58. The van der Waals surface area contributed by atoms with Crippen LogP contribution < -0.4 is 5.73 Å². The molecule has 2 rings (SSSR count). The summed E-state index contributed by atoms with van der Waals surface area (Å²) in [4.78, 5) is 13.8. The van der Waals surface area contributed by atoms with Gasteiger partial charge in [0.2, 0.25) is 0 Å². The number of anilines is 1. The second-order valence-corrected chi connectivity index (χ2v) is 5.61. The van der Waals surface area contributed by atoms with Gasteiger partial charge in [0.05, 0.1) is 5.69 Å². The van der Waals surface area contributed by atoms with Crippen LogP contribution in [0.5, 0.6) is 0 Å². The van der Waals surface area contributed by atoms with E-state index < -0.39 is 10.8 Å². The first kappa shape index (κ1) is 11.2. The van der Waals surface area contributed by atoms with E-state index >= 15 is 0 Å². The van der Waals surface area contributed by atoms with Crippen LogP contribution in [-0.4, -0.2) is 44.2 Å². The van der Waals surface area contributed by atoms with Crippen LogP contribution in [0.1, 0.15) is 10.5 Å². The molecule has 1 saturated heterocycles. The minimum atomic E-state index is -0.759. The number of aryl methyl sites for hydroxylation is 1. The molecule has 5 nitrogen and oxygen atoms in total. The maximum absolute atomic E-state index is 12.1. The Balaban J connectivity index is 2.13. The van der Waals surface area contributed by atoms with E-state index in [1.165, 1.54) is 0 Å². The molecule has 0 atom stereocenters. The number of carbonyl (C=O) groups excluding carboxylic acids is 1. The van der Waals surface area contributed by atoms with Crippen LogP contribution >= 0.6 is 0 Å². The van der Waals surface area contributed by atoms with Crippen molar-refractivity contribution in [3.05, 3.63) is 18.0 Å². The second-order valence-electron chi connectivity index (χ2n) is 3.91. The van der Waals surface area contributed by atoms with Gasteiger partial charge >= 0.3 is 0 Å². The lowest BCUT2D eigenvalue weighted by Crippen LogP contribution is -2.42. The van der Waals surface area contributed by atoms with E-state index in [1.807, 2.05) is 0 Å². The standard InChI is InChI=1S/C10H15N3O2S/c1-12-7-8(11)6-9(12)10(14)13-2-4-16(15)5-3-13/h6-7H,2-5,11H2,1H3. The van der Waals surface area contributed by atoms with Gasteiger partial charge in [-0.1, -0.05) is 0 Å². The Morgan fingerprint density at radius 1 is 1.44 bits per heavy atom. The van der Waals surface area contributed by atoms with E-state index in [4.69, 9.17) is 5.73 Å². The highest BCUT2D eigenvalue weighted by Crippen LogP contribution is 2.13. The fraction of sp³-hybridized carbons (Fsp3) is 0.500. The zero-order chi connectivity index (χ0) is 11.7. The van der Waals surface area contributed by atoms with Gasteiger partial charge in [0.1, 0.15) is 5.69 Å². The van der Waals surface area contributed by atoms with E-state index in [-0.39, 0.29) is 5.91 Å². The van der Waals surface area contributed by atoms with Crippen LogP contribution in [0.4, 0.5) is 5.69 Å². The number of nitrogen functional groups attached to an aromatic ring is 1. The van der Waals surface area contributed by atoms with Crippen molar-refractivity contribution < 1.29 is 9.00 Å². The minimum absolute atomic E-state index is 0.0316. The van der Waals surface area contributed by atoms with Crippen molar-refractivity contribution in [3.8, 4) is 0 Å². The van der Waals surface area contributed by atoms with Gasteiger partial charge in [0.15, 0.2) is 0 Å². The molecule has 0 aliphatic carbocycles. The first-order valence-electron chi connectivity index (χ1n) is 5.14. The summed E-state index contributed by atoms with van der Waals surface area (Å²) in [6.45, 7) is 1.13. The fourth-order valence-electron chi connectivity index (χ4n) is 1.81. The largest absolute Gasteiger partial charge is 0.397 e. The lowest BCUT2D eigenvalue weighted by atomic mass is 10.3. The van der Waals surface area contributed by atoms with Crippen LogP contribution in [-0.2, 0) is 17.8 Å². The zero-order valence-corrected chi connectivity index (χ0v) is 10.00. The van der Waals surface area contributed by atoms with E-state index in [1.54, 1.807) is 28.8 Å². The molecule has 2 heterocycles. The molecule has 0 aromatic carbocycles. The SMILES string of the molecule is Cn1cc(N)cc1C(=O)N1CCS(=O)CC1. The van der Waals surface area contributed by atoms with Crippen molar-refractivity contribution in [3.63, 3.8) is 0 Å². The average molecular weight is 241 g/mol. The number of nitrogens with zero attached hydrogens (tertiary/aromatic N) is 2. The van der Waals surface area contributed by atoms with Gasteiger partial charge in [-0.25, -0.2) is 0 Å². The Morgan fingerprint density at radius 3 is 2.56 bits per heavy atom. The maximum Gasteiger partial charge on any atom is 0.270 e. The lowest BCUT2D eigenvalue weighted by molar-refractivity contribution is 0.0762. The smallest absolute Gasteiger partial charge is 0.270 e. The molecule has 1 amide bonds. The number of rotatable bonds is 1. The van der Waals surface area contributed by atoms with Crippen LogP contribution in [0.15, 0.2) is 12.3 Å². The molecule has 1 aliphatic heterocycles. The monoisotopic (exact) mass is 241 g/mol. The Hall–Kier alpha value is -1.30. The summed E-state index contributed by atoms with van der Waals surface area (Å²) < 4.78 is 12.9. The number of aromatic nitrogens is 1. The van der Waals surface area contributed by atoms with Crippen molar-refractivity contribution in [2.75, 3.05) is 30.3 Å². The summed E-state index contributed by atoms with van der Waals surface area (Å²) >= 11 is 0. The van der Waals surface area contributed by atoms with Crippen LogP contribution in [0, 0.1) is 0 Å². The third kappa shape index (κ3) is 2.11. The third-order valence-corrected chi connectivity index (χ3v) is 3.99. The summed E-state index contributed by atoms with van der Waals surface area (Å²) in [7, 11) is 1.04. The van der Waals surface area contributed by atoms with Gasteiger partial charge in [-0.3, -0.25) is 9.00 Å². The Morgan fingerprint density at radius 2 is 2.06 bits per heavy atom. The molecule has 0 saturated carbocycles. The molecule has 1 aromatic rings. The summed E-state index contributed by atoms with van der Waals surface area (Å²) in [6, 6.07) is 1.67. The lowest BCUT2D eigenvalue weighted by Gasteiger charge is -2.26. The molecule has 1 aliphatic rings. The predicted octanol–water partition coefficient (Wildman–Crippen LogP) is -0.188. The van der Waals surface area contributed by atoms with E-state index in [2.05, 4.69) is 0 Å². The quantitative estimate of drug-likeness (QED) is 0.741. The van der Waals surface area contributed by atoms with E-state index in [0.717, 1.165) is 0 Å². The molecule has 16 heavy (non-hydrogen) atoms. The first-order valence-corrected chi connectivity index (χ1v) is 6.63. The van der Waals surface area contributed by atoms with Crippen LogP contribution in [0.2, 0.25) is 0 Å². The number of carbonyl (C=O) groups is 1. The summed E-state index contributed by atoms with van der Waals surface area (Å²) in [5, 5.41) is 0. The van der Waals surface area contributed by atoms with Crippen molar-refractivity contribution in [2.45, 2.75) is 0 Å². The molecule has 6 heteroatoms. The number of nitrogens with two attached hydrogens (primary N) is 1. The summed E-state index contributed by atoms with van der Waals surface area (Å²) in [6.07, 6.45) is 1.72. The highest BCUT2D eigenvalue weighted by atomic mass is 32.2. The fourth-order valence-corrected chi connectivity index (χ4v) is 2.86. The minimum Gasteiger partial charge on any atom is -0.397 e. The second kappa shape index (κ2) is 4.29. The molecular formula is C10H15N3O2S. The molecule has 1 fully saturated rings. The van der Waals surface area contributed by atoms with Gasteiger partial charge < -0.3 is 15.2 Å². The van der Waals surface area contributed by atoms with Gasteiger partial charge in [-0.05, 0) is 6.07 Å². The van der Waals surface area contributed by atoms with Crippen molar-refractivity contribution in [1.82, 2.24) is 9.47 Å². The van der Waals surface area contributed by atoms with Crippen molar-refractivity contribution in [1.29, 1.82) is 0 Å². The topological polar surface area (TPSA) is 68.3 Å². The number of hydrogen-bond acceptors (Lipinski definition) is 3. The van der Waals surface area contributed by atoms with Gasteiger partial charge in [0.25, 0.3) is 5.91 Å². The number of hydrogen-bond donors (Lipinski definition) is 1. The van der Waals surface area contributed by atoms with Crippen molar-refractivity contribution in [2.24, 2.45) is 7.05 Å². The summed E-state index contributed by atoms with van der Waals surface area (Å²) in [5.41, 5.74) is 6.81. The Labute approximate surface area is 96.7 Å². The highest BCUT2D eigenvalue weighted by molar-refractivity contribution is 7.85. The van der Waals surface area contributed by atoms with Crippen LogP contribution in [0.25, 0.3) is 0 Å². The summed E-state index contributed by atoms with van der Waals surface area (Å²) in [5.74, 6) is 1.12. The van der Waals surface area contributed by atoms with Gasteiger partial charge in [0, 0.05) is 48.6 Å². The Bertz CT molecular complexity index is 431. The highest BCUT2D eigenvalue weighted by Gasteiger charge is 2.23. The predicted molar refractivity (Wildman–Crippen MR) is 63.6 cm³/mol. The normalized spacial score (nSPS) is 17.7. The molecule has 0 radical (unpaired) electrons.